The number of nitrogens with one attached hydrogen (secondary N) is 1. The Morgan fingerprint density at radius 3 is 2.11 bits per heavy atom. The van der Waals surface area contributed by atoms with Crippen molar-refractivity contribution >= 4 is 5.91 Å². The molecule has 1 saturated carbocycles. The summed E-state index contributed by atoms with van der Waals surface area (Å²) in [5, 5.41) is 3.07. The first-order valence-electron chi connectivity index (χ1n) is 6.39. The number of amides is 1. The van der Waals surface area contributed by atoms with Crippen LogP contribution in [0.2, 0.25) is 0 Å². The minimum atomic E-state index is -0.585. The molecular weight excluding hydrogens is 224 g/mol. The lowest BCUT2D eigenvalue weighted by molar-refractivity contribution is -0.122. The minimum absolute atomic E-state index is 0.0927. The van der Waals surface area contributed by atoms with Gasteiger partial charge in [0.2, 0.25) is 5.91 Å². The maximum absolute atomic E-state index is 12.1. The first-order valence-corrected chi connectivity index (χ1v) is 6.39. The van der Waals surface area contributed by atoms with Crippen LogP contribution in [-0.2, 0) is 4.79 Å². The number of carbonyl (C=O) groups excluding carboxylic acids is 1. The molecule has 18 heavy (non-hydrogen) atoms. The maximum Gasteiger partial charge on any atom is 0.241 e. The molecule has 0 aliphatic heterocycles. The lowest BCUT2D eigenvalue weighted by Crippen LogP contribution is -2.37. The number of hydrogen-bond donors (Lipinski definition) is 2. The van der Waals surface area contributed by atoms with Crippen LogP contribution >= 0.6 is 0 Å². The van der Waals surface area contributed by atoms with Crippen LogP contribution in [0, 0.1) is 10.8 Å². The van der Waals surface area contributed by atoms with Crippen LogP contribution in [0.5, 0.6) is 0 Å². The molecule has 98 valence electrons. The zero-order valence-corrected chi connectivity index (χ0v) is 11.5. The fourth-order valence-electron chi connectivity index (χ4n) is 2.60. The van der Waals surface area contributed by atoms with Crippen LogP contribution in [0.3, 0.4) is 0 Å². The standard InChI is InChI=1S/C15H22N2O/c1-14(2)13(15(14,3)4)17-12(18)11(16)10-8-6-5-7-9-10/h5-9,11,13H,16H2,1-4H3,(H,17,18)/t11-/m0/s1. The number of hydrogen-bond acceptors (Lipinski definition) is 2. The van der Waals surface area contributed by atoms with Gasteiger partial charge in [-0.1, -0.05) is 58.0 Å². The third-order valence-corrected chi connectivity index (χ3v) is 4.75. The third-order valence-electron chi connectivity index (χ3n) is 4.75. The Morgan fingerprint density at radius 1 is 1.17 bits per heavy atom. The van der Waals surface area contributed by atoms with Crippen molar-refractivity contribution in [3.63, 3.8) is 0 Å². The van der Waals surface area contributed by atoms with Gasteiger partial charge in [0.25, 0.3) is 0 Å². The van der Waals surface area contributed by atoms with Crippen LogP contribution in [0.4, 0.5) is 0 Å². The zero-order valence-electron chi connectivity index (χ0n) is 11.5. The fourth-order valence-corrected chi connectivity index (χ4v) is 2.60. The molecule has 2 rings (SSSR count). The normalized spacial score (nSPS) is 22.3. The van der Waals surface area contributed by atoms with Gasteiger partial charge in [-0.3, -0.25) is 4.79 Å². The van der Waals surface area contributed by atoms with Gasteiger partial charge < -0.3 is 11.1 Å². The highest BCUT2D eigenvalue weighted by atomic mass is 16.2. The molecule has 3 N–H and O–H groups in total. The van der Waals surface area contributed by atoms with Crippen molar-refractivity contribution < 1.29 is 4.79 Å². The van der Waals surface area contributed by atoms with Gasteiger partial charge in [-0.05, 0) is 16.4 Å². The Balaban J connectivity index is 2.03. The molecule has 0 aromatic heterocycles. The predicted molar refractivity (Wildman–Crippen MR) is 72.9 cm³/mol. The second-order valence-corrected chi connectivity index (χ2v) is 6.27. The van der Waals surface area contributed by atoms with E-state index in [1.165, 1.54) is 0 Å². The molecule has 1 atom stereocenters. The van der Waals surface area contributed by atoms with Gasteiger partial charge in [-0.25, -0.2) is 0 Å². The van der Waals surface area contributed by atoms with Gasteiger partial charge in [-0.2, -0.15) is 0 Å². The summed E-state index contributed by atoms with van der Waals surface area (Å²) in [5.74, 6) is -0.0927. The average molecular weight is 246 g/mol. The molecule has 3 heteroatoms. The highest BCUT2D eigenvalue weighted by molar-refractivity contribution is 5.83. The summed E-state index contributed by atoms with van der Waals surface area (Å²) in [5.41, 5.74) is 7.11. The van der Waals surface area contributed by atoms with Gasteiger partial charge in [-0.15, -0.1) is 0 Å². The van der Waals surface area contributed by atoms with E-state index in [0.717, 1.165) is 5.56 Å². The van der Waals surface area contributed by atoms with Crippen LogP contribution in [-0.4, -0.2) is 11.9 Å². The van der Waals surface area contributed by atoms with Crippen molar-refractivity contribution in [1.82, 2.24) is 5.32 Å². The van der Waals surface area contributed by atoms with Crippen molar-refractivity contribution in [2.45, 2.75) is 39.8 Å². The smallest absolute Gasteiger partial charge is 0.241 e. The van der Waals surface area contributed by atoms with E-state index in [-0.39, 0.29) is 22.8 Å². The maximum atomic E-state index is 12.1. The van der Waals surface area contributed by atoms with E-state index in [1.54, 1.807) is 0 Å². The van der Waals surface area contributed by atoms with Crippen LogP contribution in [0.15, 0.2) is 30.3 Å². The summed E-state index contributed by atoms with van der Waals surface area (Å²) in [7, 11) is 0. The van der Waals surface area contributed by atoms with E-state index in [4.69, 9.17) is 5.73 Å². The van der Waals surface area contributed by atoms with E-state index in [2.05, 4.69) is 33.0 Å². The minimum Gasteiger partial charge on any atom is -0.351 e. The van der Waals surface area contributed by atoms with Gasteiger partial charge in [0.05, 0.1) is 0 Å². The van der Waals surface area contributed by atoms with Crippen molar-refractivity contribution in [1.29, 1.82) is 0 Å². The quantitative estimate of drug-likeness (QED) is 0.859. The van der Waals surface area contributed by atoms with E-state index >= 15 is 0 Å². The summed E-state index contributed by atoms with van der Waals surface area (Å²) in [6, 6.07) is 9.09. The molecule has 1 aromatic rings. The summed E-state index contributed by atoms with van der Waals surface area (Å²) in [6.07, 6.45) is 0. The van der Waals surface area contributed by atoms with E-state index < -0.39 is 6.04 Å². The van der Waals surface area contributed by atoms with Crippen LogP contribution in [0.25, 0.3) is 0 Å². The second kappa shape index (κ2) is 4.09. The molecule has 1 fully saturated rings. The Morgan fingerprint density at radius 2 is 1.67 bits per heavy atom. The van der Waals surface area contributed by atoms with Crippen LogP contribution < -0.4 is 11.1 Å². The number of nitrogens with two attached hydrogens (primary N) is 1. The Labute approximate surface area is 109 Å². The molecule has 0 bridgehead atoms. The van der Waals surface area contributed by atoms with Crippen molar-refractivity contribution in [3.8, 4) is 0 Å². The highest BCUT2D eigenvalue weighted by Gasteiger charge is 2.65. The van der Waals surface area contributed by atoms with Crippen molar-refractivity contribution in [3.05, 3.63) is 35.9 Å². The molecule has 0 saturated heterocycles. The lowest BCUT2D eigenvalue weighted by Gasteiger charge is -2.13. The summed E-state index contributed by atoms with van der Waals surface area (Å²) in [4.78, 5) is 12.1. The molecule has 3 nitrogen and oxygen atoms in total. The Bertz CT molecular complexity index is 437. The highest BCUT2D eigenvalue weighted by Crippen LogP contribution is 2.62. The summed E-state index contributed by atoms with van der Waals surface area (Å²) in [6.45, 7) is 8.69. The first-order chi connectivity index (χ1) is 8.28. The number of benzene rings is 1. The van der Waals surface area contributed by atoms with E-state index in [1.807, 2.05) is 30.3 Å². The second-order valence-electron chi connectivity index (χ2n) is 6.27. The monoisotopic (exact) mass is 246 g/mol. The van der Waals surface area contributed by atoms with Gasteiger partial charge in [0, 0.05) is 6.04 Å². The molecule has 0 unspecified atom stereocenters. The molecule has 1 aliphatic carbocycles. The topological polar surface area (TPSA) is 55.1 Å². The van der Waals surface area contributed by atoms with Crippen molar-refractivity contribution in [2.75, 3.05) is 0 Å². The fraction of sp³-hybridized carbons (Fsp3) is 0.533. The molecule has 1 amide bonds. The molecular formula is C15H22N2O. The van der Waals surface area contributed by atoms with Crippen molar-refractivity contribution in [2.24, 2.45) is 16.6 Å². The third kappa shape index (κ3) is 1.93. The predicted octanol–water partition coefficient (Wildman–Crippen LogP) is 2.24. The zero-order chi connectivity index (χ0) is 13.6. The van der Waals surface area contributed by atoms with E-state index in [0.29, 0.717) is 0 Å². The van der Waals surface area contributed by atoms with Gasteiger partial charge >= 0.3 is 0 Å². The van der Waals surface area contributed by atoms with Crippen LogP contribution in [0.1, 0.15) is 39.3 Å². The number of rotatable bonds is 3. The SMILES string of the molecule is CC1(C)C(NC(=O)[C@@H](N)c2ccccc2)C1(C)C. The Kier molecular flexibility index (Phi) is 2.98. The lowest BCUT2D eigenvalue weighted by atomic mass is 10.0. The van der Waals surface area contributed by atoms with E-state index in [9.17, 15) is 4.79 Å². The molecule has 1 aliphatic rings. The average Bonchev–Trinajstić information content (AvgIpc) is 2.72. The number of carbonyl (C=O) groups is 1. The molecule has 0 radical (unpaired) electrons. The molecule has 0 spiro atoms. The molecule has 0 heterocycles. The largest absolute Gasteiger partial charge is 0.351 e. The Hall–Kier alpha value is -1.35. The summed E-state index contributed by atoms with van der Waals surface area (Å²) >= 11 is 0. The summed E-state index contributed by atoms with van der Waals surface area (Å²) < 4.78 is 0. The first kappa shape index (κ1) is 13.1. The van der Waals surface area contributed by atoms with Gasteiger partial charge in [0.15, 0.2) is 0 Å². The molecule has 1 aromatic carbocycles. The van der Waals surface area contributed by atoms with Gasteiger partial charge in [0.1, 0.15) is 6.04 Å².